The molecule has 0 spiro atoms. The number of nitrogens with one attached hydrogen (secondary N) is 1. The van der Waals surface area contributed by atoms with Crippen LogP contribution in [-0.2, 0) is 17.4 Å². The number of hydrogen-bond acceptors (Lipinski definition) is 3. The van der Waals surface area contributed by atoms with E-state index >= 15 is 0 Å². The molecule has 25 heavy (non-hydrogen) atoms. The summed E-state index contributed by atoms with van der Waals surface area (Å²) in [6.45, 7) is 6.22. The van der Waals surface area contributed by atoms with E-state index in [1.165, 1.54) is 49.6 Å². The Morgan fingerprint density at radius 2 is 1.88 bits per heavy atom. The molecule has 3 nitrogen and oxygen atoms in total. The fraction of sp³-hybridized carbons (Fsp3) is 0.600. The van der Waals surface area contributed by atoms with E-state index in [4.69, 9.17) is 5.73 Å². The van der Waals surface area contributed by atoms with Gasteiger partial charge in [0, 0.05) is 21.9 Å². The molecule has 0 aliphatic heterocycles. The van der Waals surface area contributed by atoms with Crippen LogP contribution in [-0.4, -0.2) is 9.96 Å². The van der Waals surface area contributed by atoms with Crippen molar-refractivity contribution < 1.29 is 4.21 Å². The molecule has 1 atom stereocenters. The van der Waals surface area contributed by atoms with E-state index < -0.39 is 11.0 Å². The summed E-state index contributed by atoms with van der Waals surface area (Å²) in [7, 11) is -0.981. The minimum absolute atomic E-state index is 0.726. The van der Waals surface area contributed by atoms with Crippen molar-refractivity contribution in [3.05, 3.63) is 35.4 Å². The largest absolute Gasteiger partial charge is 0.398 e. The Morgan fingerprint density at radius 1 is 1.16 bits per heavy atom. The molecule has 5 heteroatoms. The summed E-state index contributed by atoms with van der Waals surface area (Å²) in [5.74, 6) is 0.726. The van der Waals surface area contributed by atoms with Gasteiger partial charge in [0.2, 0.25) is 0 Å². The van der Waals surface area contributed by atoms with Crippen molar-refractivity contribution >= 4 is 33.5 Å². The Morgan fingerprint density at radius 3 is 2.64 bits per heavy atom. The zero-order valence-electron chi connectivity index (χ0n) is 16.0. The van der Waals surface area contributed by atoms with Crippen molar-refractivity contribution in [1.82, 2.24) is 4.13 Å². The number of unbranched alkanes of at least 4 members (excludes halogenated alkanes) is 5. The number of nitrogen functional groups attached to an aromatic ring is 1. The molecule has 0 bridgehead atoms. The molecule has 1 aromatic rings. The highest BCUT2D eigenvalue weighted by molar-refractivity contribution is 8.13. The summed E-state index contributed by atoms with van der Waals surface area (Å²) in [4.78, 5) is 1.11. The molecule has 0 fully saturated rings. The molecule has 0 radical (unpaired) electrons. The van der Waals surface area contributed by atoms with Gasteiger partial charge in [-0.15, -0.1) is 0 Å². The van der Waals surface area contributed by atoms with Gasteiger partial charge in [-0.2, -0.15) is 4.13 Å². The molecule has 0 saturated heterocycles. The van der Waals surface area contributed by atoms with Crippen LogP contribution in [0.5, 0.6) is 0 Å². The van der Waals surface area contributed by atoms with Crippen LogP contribution < -0.4 is 9.86 Å². The lowest BCUT2D eigenvalue weighted by Gasteiger charge is -2.19. The minimum atomic E-state index is -0.981. The van der Waals surface area contributed by atoms with Gasteiger partial charge in [-0.05, 0) is 42.8 Å². The van der Waals surface area contributed by atoms with Gasteiger partial charge in [-0.25, -0.2) is 4.21 Å². The van der Waals surface area contributed by atoms with Crippen LogP contribution in [0.4, 0.5) is 5.69 Å². The van der Waals surface area contributed by atoms with E-state index in [0.717, 1.165) is 41.2 Å². The van der Waals surface area contributed by atoms with Crippen LogP contribution in [0, 0.1) is 0 Å². The first kappa shape index (κ1) is 22.3. The first-order chi connectivity index (χ1) is 12.2. The molecule has 1 aliphatic rings. The fourth-order valence-corrected chi connectivity index (χ4v) is 4.91. The van der Waals surface area contributed by atoms with Crippen molar-refractivity contribution in [2.24, 2.45) is 0 Å². The molecule has 0 heterocycles. The van der Waals surface area contributed by atoms with Gasteiger partial charge in [0.05, 0.1) is 0 Å². The number of benzene rings is 1. The van der Waals surface area contributed by atoms with Crippen molar-refractivity contribution in [3.63, 3.8) is 0 Å². The minimum Gasteiger partial charge on any atom is -0.398 e. The van der Waals surface area contributed by atoms with Gasteiger partial charge in [-0.3, -0.25) is 0 Å². The van der Waals surface area contributed by atoms with Gasteiger partial charge < -0.3 is 5.73 Å². The summed E-state index contributed by atoms with van der Waals surface area (Å²) < 4.78 is 15.2. The van der Waals surface area contributed by atoms with Crippen molar-refractivity contribution in [3.8, 4) is 0 Å². The van der Waals surface area contributed by atoms with Gasteiger partial charge in [0.1, 0.15) is 11.0 Å². The first-order valence-electron chi connectivity index (χ1n) is 9.61. The number of nitrogens with two attached hydrogens (primary N) is 1. The van der Waals surface area contributed by atoms with E-state index in [1.807, 2.05) is 26.0 Å². The monoisotopic (exact) mass is 382 g/mol. The summed E-state index contributed by atoms with van der Waals surface area (Å²) in [5, 5.41) is 0. The zero-order valence-corrected chi connectivity index (χ0v) is 17.6. The van der Waals surface area contributed by atoms with Crippen LogP contribution in [0.25, 0.3) is 4.91 Å². The second-order valence-electron chi connectivity index (χ2n) is 5.99. The highest BCUT2D eigenvalue weighted by Gasteiger charge is 2.16. The van der Waals surface area contributed by atoms with Crippen LogP contribution in [0.3, 0.4) is 0 Å². The molecule has 2 rings (SSSR count). The van der Waals surface area contributed by atoms with E-state index in [0.29, 0.717) is 0 Å². The Hall–Kier alpha value is -0.780. The topological polar surface area (TPSA) is 55.1 Å². The SMILES string of the molecule is CC.CCCCCCCCS(=O)NSC1=CCCc2cccc(N)c21. The highest BCUT2D eigenvalue weighted by Crippen LogP contribution is 2.36. The molecule has 1 aliphatic carbocycles. The Balaban J connectivity index is 0.00000151. The number of rotatable bonds is 10. The normalized spacial score (nSPS) is 14.1. The van der Waals surface area contributed by atoms with Gasteiger partial charge in [0.25, 0.3) is 0 Å². The molecule has 0 saturated carbocycles. The van der Waals surface area contributed by atoms with Crippen molar-refractivity contribution in [2.45, 2.75) is 72.1 Å². The fourth-order valence-electron chi connectivity index (χ4n) is 2.83. The third-order valence-electron chi connectivity index (χ3n) is 4.10. The second kappa shape index (κ2) is 13.4. The lowest BCUT2D eigenvalue weighted by molar-refractivity contribution is 0.622. The lowest BCUT2D eigenvalue weighted by atomic mass is 9.96. The predicted molar refractivity (Wildman–Crippen MR) is 116 cm³/mol. The standard InChI is InChI=1S/C18H28N2OS2.C2H6/c1-2-3-4-5-6-7-14-23(21)20-22-17-13-9-11-15-10-8-12-16(19)18(15)17;1-2/h8,10,12-13,20H,2-7,9,11,14,19H2,1H3;1-2H3. The maximum absolute atomic E-state index is 12.1. The van der Waals surface area contributed by atoms with Crippen molar-refractivity contribution in [1.29, 1.82) is 0 Å². The molecular formula is C20H34N2OS2. The summed E-state index contributed by atoms with van der Waals surface area (Å²) in [6, 6.07) is 6.07. The molecule has 1 aromatic carbocycles. The third kappa shape index (κ3) is 7.97. The maximum atomic E-state index is 12.1. The van der Waals surface area contributed by atoms with Crippen LogP contribution in [0.15, 0.2) is 24.3 Å². The number of anilines is 1. The number of aryl methyl sites for hydroxylation is 1. The lowest BCUT2D eigenvalue weighted by Crippen LogP contribution is -2.13. The summed E-state index contributed by atoms with van der Waals surface area (Å²) in [6.07, 6.45) is 11.6. The zero-order chi connectivity index (χ0) is 18.5. The van der Waals surface area contributed by atoms with E-state index in [1.54, 1.807) is 0 Å². The number of fused-ring (bicyclic) bond motifs is 1. The first-order valence-corrected chi connectivity index (χ1v) is 11.7. The number of hydrogen-bond donors (Lipinski definition) is 2. The number of allylic oxidation sites excluding steroid dienone is 1. The molecule has 142 valence electrons. The van der Waals surface area contributed by atoms with Gasteiger partial charge in [-0.1, -0.05) is 71.1 Å². The van der Waals surface area contributed by atoms with E-state index in [9.17, 15) is 4.21 Å². The predicted octanol–water partition coefficient (Wildman–Crippen LogP) is 5.84. The van der Waals surface area contributed by atoms with Gasteiger partial charge >= 0.3 is 0 Å². The average Bonchev–Trinajstić information content (AvgIpc) is 2.64. The molecule has 3 N–H and O–H groups in total. The third-order valence-corrected chi connectivity index (χ3v) is 6.43. The Kier molecular flexibility index (Phi) is 12.0. The summed E-state index contributed by atoms with van der Waals surface area (Å²) in [5.41, 5.74) is 9.34. The average molecular weight is 383 g/mol. The molecule has 1 unspecified atom stereocenters. The highest BCUT2D eigenvalue weighted by atomic mass is 32.2. The van der Waals surface area contributed by atoms with Crippen LogP contribution >= 0.6 is 11.9 Å². The molecule has 0 amide bonds. The maximum Gasteiger partial charge on any atom is 0.102 e. The molecule has 0 aromatic heterocycles. The quantitative estimate of drug-likeness (QED) is 0.303. The smallest absolute Gasteiger partial charge is 0.102 e. The van der Waals surface area contributed by atoms with Crippen molar-refractivity contribution in [2.75, 3.05) is 11.5 Å². The second-order valence-corrected chi connectivity index (χ2v) is 8.40. The Bertz CT molecular complexity index is 559. The summed E-state index contributed by atoms with van der Waals surface area (Å²) >= 11 is 1.47. The van der Waals surface area contributed by atoms with Crippen LogP contribution in [0.2, 0.25) is 0 Å². The molecular weight excluding hydrogens is 348 g/mol. The van der Waals surface area contributed by atoms with Crippen LogP contribution in [0.1, 0.15) is 76.8 Å². The van der Waals surface area contributed by atoms with E-state index in [2.05, 4.69) is 23.2 Å². The van der Waals surface area contributed by atoms with Gasteiger partial charge in [0.15, 0.2) is 0 Å². The Labute approximate surface area is 161 Å². The van der Waals surface area contributed by atoms with E-state index in [-0.39, 0.29) is 0 Å².